The Bertz CT molecular complexity index is 1170. The molecular weight excluding hydrogens is 572 g/mol. The van der Waals surface area contributed by atoms with Gasteiger partial charge in [0.2, 0.25) is 12.6 Å². The highest BCUT2D eigenvalue weighted by atomic mass is 16.7. The van der Waals surface area contributed by atoms with Gasteiger partial charge in [-0.05, 0) is 67.9 Å². The minimum absolute atomic E-state index is 0.0232. The van der Waals surface area contributed by atoms with E-state index in [0.717, 1.165) is 33.4 Å². The van der Waals surface area contributed by atoms with E-state index in [1.54, 1.807) is 0 Å². The van der Waals surface area contributed by atoms with Crippen LogP contribution in [0.5, 0.6) is 11.5 Å². The van der Waals surface area contributed by atoms with E-state index in [2.05, 4.69) is 0 Å². The number of aryl methyl sites for hydroxylation is 2. The number of aliphatic hydroxyl groups excluding tert-OH is 2. The molecule has 2 aromatic rings. The minimum Gasteiger partial charge on any atom is -0.507 e. The van der Waals surface area contributed by atoms with E-state index in [1.807, 2.05) is 107 Å². The second-order valence-corrected chi connectivity index (χ2v) is 16.2. The fraction of sp³-hybridized carbons (Fsp3) is 0.622. The summed E-state index contributed by atoms with van der Waals surface area (Å²) in [6.45, 7) is 24.2. The molecule has 0 saturated heterocycles. The summed E-state index contributed by atoms with van der Waals surface area (Å²) in [7, 11) is 0. The van der Waals surface area contributed by atoms with E-state index in [1.165, 1.54) is 0 Å². The monoisotopic (exact) mass is 628 g/mol. The summed E-state index contributed by atoms with van der Waals surface area (Å²) in [5, 5.41) is 42.3. The number of carbonyl (C=O) groups is 2. The van der Waals surface area contributed by atoms with E-state index >= 15 is 0 Å². The zero-order valence-corrected chi connectivity index (χ0v) is 29.4. The van der Waals surface area contributed by atoms with E-state index < -0.39 is 30.9 Å². The van der Waals surface area contributed by atoms with Crippen LogP contribution >= 0.6 is 0 Å². The molecule has 0 bridgehead atoms. The van der Waals surface area contributed by atoms with Crippen LogP contribution in [0.2, 0.25) is 0 Å². The Labute approximate surface area is 269 Å². The van der Waals surface area contributed by atoms with Crippen molar-refractivity contribution in [3.63, 3.8) is 0 Å². The molecule has 0 spiro atoms. The lowest BCUT2D eigenvalue weighted by Gasteiger charge is -2.28. The smallest absolute Gasteiger partial charge is 0.308 e. The molecule has 2 atom stereocenters. The topological polar surface area (TPSA) is 134 Å². The largest absolute Gasteiger partial charge is 0.507 e. The summed E-state index contributed by atoms with van der Waals surface area (Å²) in [6, 6.07) is 7.57. The summed E-state index contributed by atoms with van der Waals surface area (Å²) in [6.07, 6.45) is -3.18. The third kappa shape index (κ3) is 11.0. The summed E-state index contributed by atoms with van der Waals surface area (Å²) in [4.78, 5) is 25.0. The number of benzene rings is 2. The maximum Gasteiger partial charge on any atom is 0.308 e. The SMILES string of the molecule is CC(C)(C)c1cc(CCC(=O)OC(O)CC(O)OC(=O)CCc2cc(C(C)(C)C)c(O)c(C(C)(C)C)c2)cc(C(C)(C)C)c1O. The van der Waals surface area contributed by atoms with Gasteiger partial charge in [0.05, 0.1) is 6.42 Å². The molecule has 4 N–H and O–H groups in total. The van der Waals surface area contributed by atoms with E-state index in [0.29, 0.717) is 12.8 Å². The molecule has 0 aliphatic carbocycles. The summed E-state index contributed by atoms with van der Waals surface area (Å²) in [5.74, 6) is -0.818. The van der Waals surface area contributed by atoms with Crippen molar-refractivity contribution in [3.8, 4) is 11.5 Å². The molecule has 0 aliphatic rings. The van der Waals surface area contributed by atoms with E-state index in [-0.39, 0.29) is 46.0 Å². The molecule has 0 radical (unpaired) electrons. The van der Waals surface area contributed by atoms with E-state index in [4.69, 9.17) is 9.47 Å². The average molecular weight is 629 g/mol. The zero-order chi connectivity index (χ0) is 34.7. The van der Waals surface area contributed by atoms with Gasteiger partial charge < -0.3 is 29.9 Å². The van der Waals surface area contributed by atoms with Crippen molar-refractivity contribution < 1.29 is 39.5 Å². The summed E-state index contributed by atoms with van der Waals surface area (Å²) >= 11 is 0. The van der Waals surface area contributed by atoms with Gasteiger partial charge in [0.25, 0.3) is 0 Å². The molecule has 0 fully saturated rings. The van der Waals surface area contributed by atoms with Gasteiger partial charge in [0, 0.05) is 12.8 Å². The number of rotatable bonds is 10. The molecule has 252 valence electrons. The van der Waals surface area contributed by atoms with Gasteiger partial charge in [-0.25, -0.2) is 0 Å². The minimum atomic E-state index is -1.66. The van der Waals surface area contributed by atoms with Gasteiger partial charge in [0.15, 0.2) is 0 Å². The number of esters is 2. The van der Waals surface area contributed by atoms with Crippen LogP contribution in [-0.4, -0.2) is 44.9 Å². The van der Waals surface area contributed by atoms with Gasteiger partial charge in [-0.3, -0.25) is 9.59 Å². The number of phenolic OH excluding ortho intramolecular Hbond substituents is 2. The first-order valence-corrected chi connectivity index (χ1v) is 15.8. The highest BCUT2D eigenvalue weighted by Crippen LogP contribution is 2.41. The lowest BCUT2D eigenvalue weighted by atomic mass is 9.78. The molecule has 0 heterocycles. The van der Waals surface area contributed by atoms with Crippen LogP contribution in [-0.2, 0) is 53.6 Å². The predicted octanol–water partition coefficient (Wildman–Crippen LogP) is 6.97. The number of hydrogen-bond acceptors (Lipinski definition) is 8. The van der Waals surface area contributed by atoms with Crippen molar-refractivity contribution in [3.05, 3.63) is 57.6 Å². The van der Waals surface area contributed by atoms with Crippen LogP contribution in [0.3, 0.4) is 0 Å². The standard InChI is InChI=1S/C37H56O8/c1-34(2,3)24-17-22(18-25(32(24)42)35(4,5)6)13-15-28(38)44-30(40)21-31(41)45-29(39)16-14-23-19-26(36(7,8)9)33(43)27(20-23)37(10,11)12/h17-20,30-31,40-43H,13-16,21H2,1-12H3. The molecule has 45 heavy (non-hydrogen) atoms. The molecule has 0 aromatic heterocycles. The maximum atomic E-state index is 12.5. The average Bonchev–Trinajstić information content (AvgIpc) is 2.84. The first-order valence-electron chi connectivity index (χ1n) is 15.8. The number of phenols is 2. The van der Waals surface area contributed by atoms with Crippen LogP contribution in [0.25, 0.3) is 0 Å². The van der Waals surface area contributed by atoms with Crippen LogP contribution in [0.1, 0.15) is 136 Å². The predicted molar refractivity (Wildman–Crippen MR) is 176 cm³/mol. The number of aromatic hydroxyl groups is 2. The first kappa shape index (κ1) is 38.1. The van der Waals surface area contributed by atoms with Gasteiger partial charge in [-0.2, -0.15) is 0 Å². The van der Waals surface area contributed by atoms with Crippen molar-refractivity contribution in [1.82, 2.24) is 0 Å². The third-order valence-corrected chi connectivity index (χ3v) is 7.75. The molecule has 2 unspecified atom stereocenters. The Kier molecular flexibility index (Phi) is 12.0. The maximum absolute atomic E-state index is 12.5. The number of aliphatic hydroxyl groups is 2. The molecule has 8 heteroatoms. The fourth-order valence-corrected chi connectivity index (χ4v) is 5.15. The van der Waals surface area contributed by atoms with Crippen LogP contribution in [0.15, 0.2) is 24.3 Å². The number of hydrogen-bond donors (Lipinski definition) is 4. The van der Waals surface area contributed by atoms with Crippen molar-refractivity contribution in [1.29, 1.82) is 0 Å². The number of carbonyl (C=O) groups excluding carboxylic acids is 2. The molecule has 0 aliphatic heterocycles. The highest BCUT2D eigenvalue weighted by molar-refractivity contribution is 5.70. The fourth-order valence-electron chi connectivity index (χ4n) is 5.15. The second-order valence-electron chi connectivity index (χ2n) is 16.2. The molecule has 0 saturated carbocycles. The van der Waals surface area contributed by atoms with Crippen LogP contribution in [0.4, 0.5) is 0 Å². The Morgan fingerprint density at radius 3 is 1.02 bits per heavy atom. The molecule has 0 amide bonds. The van der Waals surface area contributed by atoms with Crippen molar-refractivity contribution in [2.75, 3.05) is 0 Å². The van der Waals surface area contributed by atoms with Crippen LogP contribution in [0, 0.1) is 0 Å². The van der Waals surface area contributed by atoms with Crippen LogP contribution < -0.4 is 0 Å². The molecular formula is C37H56O8. The lowest BCUT2D eigenvalue weighted by molar-refractivity contribution is -0.193. The molecule has 8 nitrogen and oxygen atoms in total. The Morgan fingerprint density at radius 1 is 0.556 bits per heavy atom. The molecule has 2 aromatic carbocycles. The van der Waals surface area contributed by atoms with Crippen molar-refractivity contribution in [2.24, 2.45) is 0 Å². The second kappa shape index (κ2) is 14.1. The zero-order valence-electron chi connectivity index (χ0n) is 29.4. The van der Waals surface area contributed by atoms with Gasteiger partial charge in [0.1, 0.15) is 11.5 Å². The quantitative estimate of drug-likeness (QED) is 0.164. The lowest BCUT2D eigenvalue weighted by Crippen LogP contribution is -2.27. The van der Waals surface area contributed by atoms with Gasteiger partial charge >= 0.3 is 11.9 Å². The third-order valence-electron chi connectivity index (χ3n) is 7.75. The van der Waals surface area contributed by atoms with E-state index in [9.17, 15) is 30.0 Å². The normalized spacial score (nSPS) is 14.2. The Hall–Kier alpha value is -3.10. The number of ether oxygens (including phenoxy) is 2. The highest BCUT2D eigenvalue weighted by Gasteiger charge is 2.28. The Balaban J connectivity index is 1.96. The van der Waals surface area contributed by atoms with Crippen molar-refractivity contribution in [2.45, 2.75) is 149 Å². The Morgan fingerprint density at radius 2 is 0.800 bits per heavy atom. The van der Waals surface area contributed by atoms with Gasteiger partial charge in [-0.1, -0.05) is 107 Å². The van der Waals surface area contributed by atoms with Gasteiger partial charge in [-0.15, -0.1) is 0 Å². The summed E-state index contributed by atoms with van der Waals surface area (Å²) in [5.41, 5.74) is 3.66. The first-order chi connectivity index (χ1) is 20.3. The van der Waals surface area contributed by atoms with Crippen molar-refractivity contribution >= 4 is 11.9 Å². The summed E-state index contributed by atoms with van der Waals surface area (Å²) < 4.78 is 10.1. The molecule has 2 rings (SSSR count).